The molecule has 3 aliphatic rings. The minimum Gasteiger partial charge on any atom is -0.458 e. The van der Waals surface area contributed by atoms with Crippen LogP contribution in [0.25, 0.3) is 5.57 Å². The molecule has 4 nitrogen and oxygen atoms in total. The van der Waals surface area contributed by atoms with E-state index in [9.17, 15) is 0 Å². The van der Waals surface area contributed by atoms with Crippen molar-refractivity contribution >= 4 is 57.1 Å². The summed E-state index contributed by atoms with van der Waals surface area (Å²) in [7, 11) is 0. The number of hydrogen-bond acceptors (Lipinski definition) is 4. The average Bonchev–Trinajstić information content (AvgIpc) is 3.22. The Bertz CT molecular complexity index is 2490. The van der Waals surface area contributed by atoms with Crippen LogP contribution in [0.5, 0.6) is 23.0 Å². The second-order valence-electron chi connectivity index (χ2n) is 13.5. The molecule has 5 heteroatoms. The fourth-order valence-corrected chi connectivity index (χ4v) is 7.80. The molecule has 0 atom stereocenters. The van der Waals surface area contributed by atoms with Crippen LogP contribution < -0.4 is 35.7 Å². The van der Waals surface area contributed by atoms with Gasteiger partial charge in [-0.1, -0.05) is 90.9 Å². The molecule has 6 aromatic carbocycles. The molecule has 0 saturated heterocycles. The summed E-state index contributed by atoms with van der Waals surface area (Å²) >= 11 is 0. The van der Waals surface area contributed by atoms with Gasteiger partial charge in [0.25, 0.3) is 6.71 Å². The molecule has 2 heterocycles. The summed E-state index contributed by atoms with van der Waals surface area (Å²) in [5.74, 6) is 5.82. The number of ether oxygens (including phenoxy) is 2. The Kier molecular flexibility index (Phi) is 8.71. The lowest BCUT2D eigenvalue weighted by atomic mass is 9.35. The number of fused-ring (bicyclic) bond motifs is 4. The van der Waals surface area contributed by atoms with Crippen LogP contribution in [0.2, 0.25) is 0 Å². The number of allylic oxidation sites excluding steroid dienone is 7. The summed E-state index contributed by atoms with van der Waals surface area (Å²) in [6.45, 7) is 1.92. The number of terminal acetylenes is 1. The third-order valence-electron chi connectivity index (χ3n) is 10.2. The Balaban J connectivity index is 1.22. The van der Waals surface area contributed by atoms with Crippen molar-refractivity contribution in [1.82, 2.24) is 0 Å². The van der Waals surface area contributed by atoms with Crippen LogP contribution in [0.15, 0.2) is 182 Å². The molecule has 0 bridgehead atoms. The summed E-state index contributed by atoms with van der Waals surface area (Å²) in [4.78, 5) is 4.57. The van der Waals surface area contributed by atoms with Crippen LogP contribution in [0.3, 0.4) is 0 Å². The molecule has 0 amide bonds. The Hall–Kier alpha value is -6.90. The van der Waals surface area contributed by atoms with Crippen molar-refractivity contribution in [2.75, 3.05) is 9.80 Å². The van der Waals surface area contributed by atoms with Gasteiger partial charge in [-0.3, -0.25) is 0 Å². The van der Waals surface area contributed by atoms with Crippen molar-refractivity contribution in [1.29, 1.82) is 0 Å². The maximum absolute atomic E-state index is 6.93. The summed E-state index contributed by atoms with van der Waals surface area (Å²) < 4.78 is 13.8. The van der Waals surface area contributed by atoms with Crippen LogP contribution in [0, 0.1) is 12.3 Å². The quantitative estimate of drug-likeness (QED) is 0.0897. The van der Waals surface area contributed by atoms with Crippen LogP contribution in [0.1, 0.15) is 25.3 Å². The number of benzene rings is 6. The van der Waals surface area contributed by atoms with E-state index in [0.717, 1.165) is 97.5 Å². The SMILES string of the molecule is C#C/C=C\C(=C/C)c1cc2c3c(c1)Oc1cc(N(c4ccccc4)c4ccccc4)ccc1B3c1ccc(N(C3=CCCC=C3)c3ccccc3)cc1O2. The van der Waals surface area contributed by atoms with E-state index < -0.39 is 0 Å². The van der Waals surface area contributed by atoms with Gasteiger partial charge in [0.2, 0.25) is 0 Å². The standard InChI is InChI=1S/C49H37BN2O2/c1-3-5-18-35(4-2)36-31-47-49-48(32-36)54-46-34-42(52(39-23-14-8-15-24-39)40-25-16-9-17-26-40)28-30-44(46)50(49)43-29-27-41(33-45(43)53-47)51(37-19-10-6-11-20-37)38-21-12-7-13-22-38/h1,4-8,10-16,18-34H,9,17H2,2H3/b18-5-,35-4+. The third kappa shape index (κ3) is 5.98. The predicted molar refractivity (Wildman–Crippen MR) is 225 cm³/mol. The Morgan fingerprint density at radius 3 is 1.67 bits per heavy atom. The molecular formula is C49H37BN2O2. The third-order valence-corrected chi connectivity index (χ3v) is 10.2. The molecular weight excluding hydrogens is 659 g/mol. The number of anilines is 5. The second-order valence-corrected chi connectivity index (χ2v) is 13.5. The largest absolute Gasteiger partial charge is 0.458 e. The Morgan fingerprint density at radius 1 is 0.630 bits per heavy atom. The van der Waals surface area contributed by atoms with E-state index in [1.54, 1.807) is 6.08 Å². The van der Waals surface area contributed by atoms with Gasteiger partial charge < -0.3 is 19.3 Å². The van der Waals surface area contributed by atoms with E-state index in [2.05, 4.69) is 167 Å². The fraction of sp³-hybridized carbons (Fsp3) is 0.0612. The van der Waals surface area contributed by atoms with Gasteiger partial charge in [0, 0.05) is 51.7 Å². The molecule has 258 valence electrons. The molecule has 0 spiro atoms. The van der Waals surface area contributed by atoms with E-state index in [1.807, 2.05) is 25.1 Å². The van der Waals surface area contributed by atoms with Gasteiger partial charge in [-0.05, 0) is 121 Å². The molecule has 0 saturated carbocycles. The monoisotopic (exact) mass is 696 g/mol. The maximum Gasteiger partial charge on any atom is 0.260 e. The van der Waals surface area contributed by atoms with Gasteiger partial charge in [0.1, 0.15) is 23.0 Å². The van der Waals surface area contributed by atoms with Crippen LogP contribution in [-0.4, -0.2) is 6.71 Å². The van der Waals surface area contributed by atoms with E-state index in [0.29, 0.717) is 0 Å². The highest BCUT2D eigenvalue weighted by Crippen LogP contribution is 2.42. The van der Waals surface area contributed by atoms with Crippen molar-refractivity contribution in [3.63, 3.8) is 0 Å². The summed E-state index contributed by atoms with van der Waals surface area (Å²) in [6.07, 6.45) is 20.2. The molecule has 6 aromatic rings. The first-order valence-corrected chi connectivity index (χ1v) is 18.4. The van der Waals surface area contributed by atoms with Crippen LogP contribution in [0.4, 0.5) is 28.4 Å². The first-order valence-electron chi connectivity index (χ1n) is 18.4. The van der Waals surface area contributed by atoms with Gasteiger partial charge in [-0.2, -0.15) is 0 Å². The minimum absolute atomic E-state index is 0.101. The summed E-state index contributed by atoms with van der Waals surface area (Å²) in [6, 6.07) is 48.9. The Labute approximate surface area is 317 Å². The highest BCUT2D eigenvalue weighted by Gasteiger charge is 2.41. The average molecular weight is 697 g/mol. The zero-order valence-corrected chi connectivity index (χ0v) is 30.0. The maximum atomic E-state index is 6.93. The van der Waals surface area contributed by atoms with Gasteiger partial charge in [-0.15, -0.1) is 6.42 Å². The number of nitrogens with zero attached hydrogens (tertiary/aromatic N) is 2. The first kappa shape index (κ1) is 33.0. The van der Waals surface area contributed by atoms with Gasteiger partial charge >= 0.3 is 0 Å². The predicted octanol–water partition coefficient (Wildman–Crippen LogP) is 10.8. The van der Waals surface area contributed by atoms with Gasteiger partial charge in [-0.25, -0.2) is 0 Å². The highest BCUT2D eigenvalue weighted by molar-refractivity contribution is 6.98. The van der Waals surface area contributed by atoms with Gasteiger partial charge in [0.05, 0.1) is 0 Å². The molecule has 9 rings (SSSR count). The van der Waals surface area contributed by atoms with E-state index in [4.69, 9.17) is 15.9 Å². The zero-order chi connectivity index (χ0) is 36.4. The summed E-state index contributed by atoms with van der Waals surface area (Å²) in [5.41, 5.74) is 11.6. The smallest absolute Gasteiger partial charge is 0.260 e. The van der Waals surface area contributed by atoms with E-state index >= 15 is 0 Å². The fourth-order valence-electron chi connectivity index (χ4n) is 7.80. The van der Waals surface area contributed by atoms with Crippen LogP contribution in [-0.2, 0) is 0 Å². The molecule has 1 aliphatic carbocycles. The minimum atomic E-state index is -0.101. The van der Waals surface area contributed by atoms with E-state index in [1.165, 1.54) is 0 Å². The van der Waals surface area contributed by atoms with E-state index in [-0.39, 0.29) is 6.71 Å². The summed E-state index contributed by atoms with van der Waals surface area (Å²) in [5, 5.41) is 0. The molecule has 0 radical (unpaired) electrons. The van der Waals surface area contributed by atoms with Crippen molar-refractivity contribution in [2.45, 2.75) is 19.8 Å². The van der Waals surface area contributed by atoms with Crippen molar-refractivity contribution in [3.05, 3.63) is 187 Å². The lowest BCUT2D eigenvalue weighted by Gasteiger charge is -2.35. The molecule has 0 N–H and O–H groups in total. The van der Waals surface area contributed by atoms with Crippen LogP contribution >= 0.6 is 0 Å². The number of para-hydroxylation sites is 3. The molecule has 0 fully saturated rings. The van der Waals surface area contributed by atoms with Gasteiger partial charge in [0.15, 0.2) is 0 Å². The second kappa shape index (κ2) is 14.3. The van der Waals surface area contributed by atoms with Crippen molar-refractivity contribution < 1.29 is 9.47 Å². The molecule has 2 aliphatic heterocycles. The molecule has 0 aromatic heterocycles. The normalized spacial score (nSPS) is 13.8. The molecule has 0 unspecified atom stereocenters. The van der Waals surface area contributed by atoms with Crippen molar-refractivity contribution in [2.24, 2.45) is 0 Å². The molecule has 54 heavy (non-hydrogen) atoms. The lowest BCUT2D eigenvalue weighted by Crippen LogP contribution is -2.57. The van der Waals surface area contributed by atoms with Crippen molar-refractivity contribution in [3.8, 4) is 35.3 Å². The number of hydrogen-bond donors (Lipinski definition) is 0. The highest BCUT2D eigenvalue weighted by atomic mass is 16.5. The topological polar surface area (TPSA) is 24.9 Å². The lowest BCUT2D eigenvalue weighted by molar-refractivity contribution is 0.464. The first-order chi connectivity index (χ1) is 26.7. The Morgan fingerprint density at radius 2 is 1.17 bits per heavy atom. The number of rotatable bonds is 8. The zero-order valence-electron chi connectivity index (χ0n) is 30.0.